The van der Waals surface area contributed by atoms with E-state index in [9.17, 15) is 4.79 Å². The van der Waals surface area contributed by atoms with Gasteiger partial charge in [-0.05, 0) is 48.4 Å². The van der Waals surface area contributed by atoms with Crippen LogP contribution in [0.25, 0.3) is 10.9 Å². The maximum Gasteiger partial charge on any atom is 0.224 e. The summed E-state index contributed by atoms with van der Waals surface area (Å²) >= 11 is 5.87. The minimum Gasteiger partial charge on any atom is -0.497 e. The Balaban J connectivity index is 1.72. The predicted molar refractivity (Wildman–Crippen MR) is 96.6 cm³/mol. The Bertz CT molecular complexity index is 869. The summed E-state index contributed by atoms with van der Waals surface area (Å²) in [7, 11) is 1.64. The minimum atomic E-state index is -0.0169. The fourth-order valence-electron chi connectivity index (χ4n) is 2.74. The average molecular weight is 343 g/mol. The van der Waals surface area contributed by atoms with Crippen LogP contribution >= 0.6 is 11.6 Å². The van der Waals surface area contributed by atoms with Crippen LogP contribution in [0.1, 0.15) is 16.8 Å². The highest BCUT2D eigenvalue weighted by Gasteiger charge is 2.13. The first kappa shape index (κ1) is 16.4. The van der Waals surface area contributed by atoms with Crippen LogP contribution in [0.2, 0.25) is 5.02 Å². The standard InChI is InChI=1S/C19H19ClN2O2/c1-12-16(17-9-15(24-2)7-8-18(17)22-12)10-19(23)21-11-13-3-5-14(20)6-4-13/h3-9,22H,10-11H2,1-2H3,(H,21,23). The summed E-state index contributed by atoms with van der Waals surface area (Å²) < 4.78 is 5.28. The molecular weight excluding hydrogens is 324 g/mol. The van der Waals surface area contributed by atoms with Crippen LogP contribution in [-0.2, 0) is 17.8 Å². The second-order valence-electron chi connectivity index (χ2n) is 5.72. The molecule has 0 atom stereocenters. The monoisotopic (exact) mass is 342 g/mol. The van der Waals surface area contributed by atoms with Gasteiger partial charge in [0.1, 0.15) is 5.75 Å². The van der Waals surface area contributed by atoms with E-state index >= 15 is 0 Å². The summed E-state index contributed by atoms with van der Waals surface area (Å²) in [4.78, 5) is 15.6. The lowest BCUT2D eigenvalue weighted by Gasteiger charge is -2.06. The van der Waals surface area contributed by atoms with Gasteiger partial charge in [0.05, 0.1) is 13.5 Å². The van der Waals surface area contributed by atoms with E-state index < -0.39 is 0 Å². The van der Waals surface area contributed by atoms with E-state index in [1.165, 1.54) is 0 Å². The van der Waals surface area contributed by atoms with E-state index in [2.05, 4.69) is 10.3 Å². The van der Waals surface area contributed by atoms with E-state index in [0.29, 0.717) is 18.0 Å². The summed E-state index contributed by atoms with van der Waals surface area (Å²) in [5, 5.41) is 4.66. The second kappa shape index (κ2) is 6.97. The molecule has 4 nitrogen and oxygen atoms in total. The third kappa shape index (κ3) is 3.54. The summed E-state index contributed by atoms with van der Waals surface area (Å²) in [6.45, 7) is 2.47. The van der Waals surface area contributed by atoms with Crippen molar-refractivity contribution >= 4 is 28.4 Å². The molecule has 0 radical (unpaired) electrons. The van der Waals surface area contributed by atoms with Gasteiger partial charge in [0.2, 0.25) is 5.91 Å². The quantitative estimate of drug-likeness (QED) is 0.736. The lowest BCUT2D eigenvalue weighted by atomic mass is 10.1. The van der Waals surface area contributed by atoms with Crippen LogP contribution in [0.3, 0.4) is 0 Å². The number of benzene rings is 2. The molecule has 2 N–H and O–H groups in total. The fourth-order valence-corrected chi connectivity index (χ4v) is 2.87. The number of carbonyl (C=O) groups is 1. The van der Waals surface area contributed by atoms with Crippen LogP contribution < -0.4 is 10.1 Å². The third-order valence-electron chi connectivity index (χ3n) is 4.07. The van der Waals surface area contributed by atoms with Crippen molar-refractivity contribution < 1.29 is 9.53 Å². The van der Waals surface area contributed by atoms with Gasteiger partial charge in [-0.3, -0.25) is 4.79 Å². The molecular formula is C19H19ClN2O2. The van der Waals surface area contributed by atoms with Crippen LogP contribution in [0.5, 0.6) is 5.75 Å². The fraction of sp³-hybridized carbons (Fsp3) is 0.211. The number of halogens is 1. The number of hydrogen-bond acceptors (Lipinski definition) is 2. The van der Waals surface area contributed by atoms with Crippen molar-refractivity contribution in [3.8, 4) is 5.75 Å². The Morgan fingerprint density at radius 2 is 1.96 bits per heavy atom. The van der Waals surface area contributed by atoms with Gasteiger partial charge in [0.25, 0.3) is 0 Å². The van der Waals surface area contributed by atoms with Crippen molar-refractivity contribution in [1.82, 2.24) is 10.3 Å². The topological polar surface area (TPSA) is 54.1 Å². The SMILES string of the molecule is COc1ccc2[nH]c(C)c(CC(=O)NCc3ccc(Cl)cc3)c2c1. The van der Waals surface area contributed by atoms with E-state index in [-0.39, 0.29) is 5.91 Å². The van der Waals surface area contributed by atoms with E-state index in [1.54, 1.807) is 7.11 Å². The van der Waals surface area contributed by atoms with Gasteiger partial charge >= 0.3 is 0 Å². The van der Waals surface area contributed by atoms with E-state index in [0.717, 1.165) is 33.5 Å². The number of ether oxygens (including phenoxy) is 1. The zero-order valence-electron chi connectivity index (χ0n) is 13.7. The molecule has 124 valence electrons. The third-order valence-corrected chi connectivity index (χ3v) is 4.32. The zero-order chi connectivity index (χ0) is 17.1. The minimum absolute atomic E-state index is 0.0169. The molecule has 0 bridgehead atoms. The van der Waals surface area contributed by atoms with Gasteiger partial charge in [0.15, 0.2) is 0 Å². The highest BCUT2D eigenvalue weighted by molar-refractivity contribution is 6.30. The number of hydrogen-bond donors (Lipinski definition) is 2. The van der Waals surface area contributed by atoms with Crippen molar-refractivity contribution in [1.29, 1.82) is 0 Å². The number of aromatic nitrogens is 1. The van der Waals surface area contributed by atoms with Gasteiger partial charge in [0, 0.05) is 28.2 Å². The molecule has 2 aromatic carbocycles. The maximum atomic E-state index is 12.3. The molecule has 3 rings (SSSR count). The largest absolute Gasteiger partial charge is 0.497 e. The van der Waals surface area contributed by atoms with Crippen LogP contribution in [0.15, 0.2) is 42.5 Å². The molecule has 0 aliphatic carbocycles. The number of H-pyrrole nitrogens is 1. The van der Waals surface area contributed by atoms with Crippen molar-refractivity contribution in [2.45, 2.75) is 19.9 Å². The van der Waals surface area contributed by atoms with Crippen molar-refractivity contribution in [3.05, 3.63) is 64.3 Å². The number of carbonyl (C=O) groups excluding carboxylic acids is 1. The average Bonchev–Trinajstić information content (AvgIpc) is 2.89. The Hall–Kier alpha value is -2.46. The second-order valence-corrected chi connectivity index (χ2v) is 6.16. The number of aryl methyl sites for hydroxylation is 1. The lowest BCUT2D eigenvalue weighted by molar-refractivity contribution is -0.120. The van der Waals surface area contributed by atoms with Crippen LogP contribution in [0, 0.1) is 6.92 Å². The molecule has 1 aromatic heterocycles. The highest BCUT2D eigenvalue weighted by Crippen LogP contribution is 2.26. The van der Waals surface area contributed by atoms with Crippen molar-refractivity contribution in [3.63, 3.8) is 0 Å². The molecule has 0 unspecified atom stereocenters. The highest BCUT2D eigenvalue weighted by atomic mass is 35.5. The van der Waals surface area contributed by atoms with Gasteiger partial charge in [-0.15, -0.1) is 0 Å². The molecule has 24 heavy (non-hydrogen) atoms. The van der Waals surface area contributed by atoms with Gasteiger partial charge < -0.3 is 15.0 Å². The predicted octanol–water partition coefficient (Wildman–Crippen LogP) is 4.00. The number of methoxy groups -OCH3 is 1. The van der Waals surface area contributed by atoms with Crippen molar-refractivity contribution in [2.75, 3.05) is 7.11 Å². The molecule has 1 heterocycles. The van der Waals surface area contributed by atoms with E-state index in [1.807, 2.05) is 49.4 Å². The maximum absolute atomic E-state index is 12.3. The van der Waals surface area contributed by atoms with Gasteiger partial charge in [-0.1, -0.05) is 23.7 Å². The number of amides is 1. The molecule has 1 amide bonds. The lowest BCUT2D eigenvalue weighted by Crippen LogP contribution is -2.24. The Kier molecular flexibility index (Phi) is 4.76. The first-order valence-electron chi connectivity index (χ1n) is 7.73. The zero-order valence-corrected chi connectivity index (χ0v) is 14.4. The first-order chi connectivity index (χ1) is 11.6. The number of aromatic amines is 1. The molecule has 0 saturated heterocycles. The summed E-state index contributed by atoms with van der Waals surface area (Å²) in [6.07, 6.45) is 0.326. The molecule has 0 fully saturated rings. The summed E-state index contributed by atoms with van der Waals surface area (Å²) in [5.74, 6) is 0.765. The van der Waals surface area contributed by atoms with Crippen molar-refractivity contribution in [2.24, 2.45) is 0 Å². The Labute approximate surface area is 145 Å². The molecule has 0 aliphatic rings. The molecule has 0 spiro atoms. The smallest absolute Gasteiger partial charge is 0.224 e. The van der Waals surface area contributed by atoms with Crippen LogP contribution in [0.4, 0.5) is 0 Å². The molecule has 0 saturated carbocycles. The Morgan fingerprint density at radius 1 is 1.21 bits per heavy atom. The molecule has 0 aliphatic heterocycles. The van der Waals surface area contributed by atoms with Gasteiger partial charge in [-0.2, -0.15) is 0 Å². The Morgan fingerprint density at radius 3 is 2.67 bits per heavy atom. The molecule has 5 heteroatoms. The van der Waals surface area contributed by atoms with E-state index in [4.69, 9.17) is 16.3 Å². The van der Waals surface area contributed by atoms with Crippen LogP contribution in [-0.4, -0.2) is 18.0 Å². The normalized spacial score (nSPS) is 10.8. The first-order valence-corrected chi connectivity index (χ1v) is 8.11. The summed E-state index contributed by atoms with van der Waals surface area (Å²) in [6, 6.07) is 13.3. The van der Waals surface area contributed by atoms with Gasteiger partial charge in [-0.25, -0.2) is 0 Å². The number of fused-ring (bicyclic) bond motifs is 1. The number of rotatable bonds is 5. The summed E-state index contributed by atoms with van der Waals surface area (Å²) in [5.41, 5.74) is 4.02. The molecule has 3 aromatic rings. The number of nitrogens with one attached hydrogen (secondary N) is 2.